The molecule has 2 nitrogen and oxygen atoms in total. The number of fused-ring (bicyclic) bond motifs is 1. The van der Waals surface area contributed by atoms with Gasteiger partial charge in [0, 0.05) is 12.0 Å². The lowest BCUT2D eigenvalue weighted by atomic mass is 10.2. The van der Waals surface area contributed by atoms with E-state index < -0.39 is 0 Å². The number of nitrogens with zero attached hydrogens (tertiary/aromatic N) is 1. The molecule has 0 saturated carbocycles. The van der Waals surface area contributed by atoms with Crippen LogP contribution in [0.15, 0.2) is 18.7 Å². The molecular formula is C9H9NO. The van der Waals surface area contributed by atoms with E-state index in [1.165, 1.54) is 5.56 Å². The summed E-state index contributed by atoms with van der Waals surface area (Å²) in [6, 6.07) is 4.01. The van der Waals surface area contributed by atoms with Crippen LogP contribution < -0.4 is 4.74 Å². The van der Waals surface area contributed by atoms with Crippen LogP contribution in [0, 0.1) is 0 Å². The molecule has 1 aliphatic rings. The summed E-state index contributed by atoms with van der Waals surface area (Å²) in [5.74, 6) is 0.780. The molecule has 56 valence electrons. The minimum atomic E-state index is 0.767. The van der Waals surface area contributed by atoms with Gasteiger partial charge in [-0.2, -0.15) is 0 Å². The van der Waals surface area contributed by atoms with E-state index in [-0.39, 0.29) is 0 Å². The molecule has 0 aromatic carbocycles. The first-order valence-electron chi connectivity index (χ1n) is 3.65. The van der Waals surface area contributed by atoms with E-state index in [4.69, 9.17) is 4.74 Å². The molecule has 1 aromatic rings. The van der Waals surface area contributed by atoms with Crippen molar-refractivity contribution in [2.75, 3.05) is 6.61 Å². The molecule has 2 rings (SSSR count). The molecular weight excluding hydrogens is 138 g/mol. The summed E-state index contributed by atoms with van der Waals surface area (Å²) in [5.41, 5.74) is 2.08. The van der Waals surface area contributed by atoms with Crippen molar-refractivity contribution in [2.24, 2.45) is 0 Å². The Morgan fingerprint density at radius 1 is 1.55 bits per heavy atom. The maximum atomic E-state index is 5.28. The van der Waals surface area contributed by atoms with Crippen LogP contribution >= 0.6 is 0 Å². The van der Waals surface area contributed by atoms with Gasteiger partial charge in [0.05, 0.1) is 12.3 Å². The van der Waals surface area contributed by atoms with Crippen LogP contribution in [0.3, 0.4) is 0 Å². The van der Waals surface area contributed by atoms with Crippen LogP contribution in [0.2, 0.25) is 0 Å². The van der Waals surface area contributed by atoms with Crippen LogP contribution in [-0.2, 0) is 6.42 Å². The first-order valence-corrected chi connectivity index (χ1v) is 3.65. The van der Waals surface area contributed by atoms with Gasteiger partial charge in [0.15, 0.2) is 0 Å². The third-order valence-electron chi connectivity index (χ3n) is 1.78. The molecule has 0 saturated heterocycles. The predicted octanol–water partition coefficient (Wildman–Crippen LogP) is 1.66. The highest BCUT2D eigenvalue weighted by atomic mass is 16.5. The standard InChI is InChI=1S/C9H9NO/c1-2-8-4-3-7-5-6-11-9(7)10-8/h2-4H,1,5-6H2. The molecule has 1 aliphatic heterocycles. The average Bonchev–Trinajstić information content (AvgIpc) is 2.50. The number of ether oxygens (including phenoxy) is 1. The van der Waals surface area contributed by atoms with Crippen molar-refractivity contribution in [3.63, 3.8) is 0 Å². The van der Waals surface area contributed by atoms with Gasteiger partial charge in [-0.3, -0.25) is 0 Å². The van der Waals surface area contributed by atoms with Crippen LogP contribution in [0.4, 0.5) is 0 Å². The summed E-state index contributed by atoms with van der Waals surface area (Å²) in [5, 5.41) is 0. The number of hydrogen-bond acceptors (Lipinski definition) is 2. The molecule has 0 spiro atoms. The predicted molar refractivity (Wildman–Crippen MR) is 43.5 cm³/mol. The van der Waals surface area contributed by atoms with E-state index >= 15 is 0 Å². The van der Waals surface area contributed by atoms with Gasteiger partial charge in [0.2, 0.25) is 5.88 Å². The fourth-order valence-electron chi connectivity index (χ4n) is 1.17. The maximum Gasteiger partial charge on any atom is 0.217 e. The molecule has 0 bridgehead atoms. The van der Waals surface area contributed by atoms with E-state index in [9.17, 15) is 0 Å². The van der Waals surface area contributed by atoms with E-state index in [1.807, 2.05) is 12.1 Å². The van der Waals surface area contributed by atoms with Crippen molar-refractivity contribution >= 4 is 6.08 Å². The fourth-order valence-corrected chi connectivity index (χ4v) is 1.17. The largest absolute Gasteiger partial charge is 0.477 e. The van der Waals surface area contributed by atoms with E-state index in [0.29, 0.717) is 0 Å². The van der Waals surface area contributed by atoms with Gasteiger partial charge < -0.3 is 4.74 Å². The van der Waals surface area contributed by atoms with Crippen LogP contribution in [-0.4, -0.2) is 11.6 Å². The number of hydrogen-bond donors (Lipinski definition) is 0. The minimum Gasteiger partial charge on any atom is -0.477 e. The number of aromatic nitrogens is 1. The Labute approximate surface area is 65.5 Å². The Bertz CT molecular complexity index is 294. The Kier molecular flexibility index (Phi) is 1.39. The Morgan fingerprint density at radius 2 is 2.45 bits per heavy atom. The summed E-state index contributed by atoms with van der Waals surface area (Å²) in [6.45, 7) is 4.41. The lowest BCUT2D eigenvalue weighted by Gasteiger charge is -1.97. The number of rotatable bonds is 1. The normalized spacial score (nSPS) is 13.8. The van der Waals surface area contributed by atoms with Gasteiger partial charge in [-0.1, -0.05) is 12.6 Å². The summed E-state index contributed by atoms with van der Waals surface area (Å²) in [7, 11) is 0. The second-order valence-electron chi connectivity index (χ2n) is 2.50. The third kappa shape index (κ3) is 1.00. The molecule has 0 unspecified atom stereocenters. The Balaban J connectivity index is 2.48. The van der Waals surface area contributed by atoms with Gasteiger partial charge >= 0.3 is 0 Å². The molecule has 0 radical (unpaired) electrons. The fraction of sp³-hybridized carbons (Fsp3) is 0.222. The van der Waals surface area contributed by atoms with Crippen LogP contribution in [0.5, 0.6) is 5.88 Å². The average molecular weight is 147 g/mol. The lowest BCUT2D eigenvalue weighted by molar-refractivity contribution is 0.344. The first kappa shape index (κ1) is 6.40. The molecule has 1 aromatic heterocycles. The lowest BCUT2D eigenvalue weighted by Crippen LogP contribution is -1.88. The van der Waals surface area contributed by atoms with Gasteiger partial charge in [0.1, 0.15) is 0 Å². The summed E-state index contributed by atoms with van der Waals surface area (Å²) in [4.78, 5) is 4.23. The highest BCUT2D eigenvalue weighted by Crippen LogP contribution is 2.22. The third-order valence-corrected chi connectivity index (χ3v) is 1.78. The monoisotopic (exact) mass is 147 g/mol. The second-order valence-corrected chi connectivity index (χ2v) is 2.50. The second kappa shape index (κ2) is 2.38. The molecule has 0 atom stereocenters. The molecule has 0 aliphatic carbocycles. The van der Waals surface area contributed by atoms with Crippen molar-refractivity contribution in [3.05, 3.63) is 30.0 Å². The van der Waals surface area contributed by atoms with E-state index in [0.717, 1.165) is 24.6 Å². The summed E-state index contributed by atoms with van der Waals surface area (Å²) in [6.07, 6.45) is 2.71. The van der Waals surface area contributed by atoms with Gasteiger partial charge in [-0.05, 0) is 12.1 Å². The van der Waals surface area contributed by atoms with Gasteiger partial charge in [-0.15, -0.1) is 0 Å². The SMILES string of the molecule is C=Cc1ccc2c(n1)OCC2. The van der Waals surface area contributed by atoms with Crippen molar-refractivity contribution in [3.8, 4) is 5.88 Å². The zero-order valence-electron chi connectivity index (χ0n) is 6.21. The quantitative estimate of drug-likeness (QED) is 0.602. The number of pyridine rings is 1. The van der Waals surface area contributed by atoms with Gasteiger partial charge in [-0.25, -0.2) is 4.98 Å². The van der Waals surface area contributed by atoms with Crippen LogP contribution in [0.25, 0.3) is 6.08 Å². The van der Waals surface area contributed by atoms with E-state index in [1.54, 1.807) is 6.08 Å². The van der Waals surface area contributed by atoms with Crippen molar-refractivity contribution in [1.82, 2.24) is 4.98 Å². The highest BCUT2D eigenvalue weighted by molar-refractivity contribution is 5.45. The summed E-state index contributed by atoms with van der Waals surface area (Å²) < 4.78 is 5.28. The van der Waals surface area contributed by atoms with Gasteiger partial charge in [0.25, 0.3) is 0 Å². The molecule has 0 amide bonds. The maximum absolute atomic E-state index is 5.28. The smallest absolute Gasteiger partial charge is 0.217 e. The van der Waals surface area contributed by atoms with E-state index in [2.05, 4.69) is 11.6 Å². The zero-order chi connectivity index (χ0) is 7.68. The van der Waals surface area contributed by atoms with Crippen molar-refractivity contribution in [2.45, 2.75) is 6.42 Å². The zero-order valence-corrected chi connectivity index (χ0v) is 6.21. The van der Waals surface area contributed by atoms with Crippen molar-refractivity contribution < 1.29 is 4.74 Å². The molecule has 11 heavy (non-hydrogen) atoms. The molecule has 2 heteroatoms. The summed E-state index contributed by atoms with van der Waals surface area (Å²) >= 11 is 0. The molecule has 0 fully saturated rings. The molecule has 2 heterocycles. The van der Waals surface area contributed by atoms with Crippen molar-refractivity contribution in [1.29, 1.82) is 0 Å². The minimum absolute atomic E-state index is 0.767. The molecule has 0 N–H and O–H groups in total. The first-order chi connectivity index (χ1) is 5.40. The Morgan fingerprint density at radius 3 is 3.27 bits per heavy atom. The topological polar surface area (TPSA) is 22.1 Å². The van der Waals surface area contributed by atoms with Crippen LogP contribution in [0.1, 0.15) is 11.3 Å². The Hall–Kier alpha value is -1.31. The highest BCUT2D eigenvalue weighted by Gasteiger charge is 2.12.